The molecule has 7 nitrogen and oxygen atoms in total. The first-order valence-corrected chi connectivity index (χ1v) is 14.3. The van der Waals surface area contributed by atoms with Crippen LogP contribution in [0.3, 0.4) is 0 Å². The lowest BCUT2D eigenvalue weighted by atomic mass is 10.0. The van der Waals surface area contributed by atoms with E-state index < -0.39 is 22.3 Å². The molecular weight excluding hydrogens is 510 g/mol. The molecule has 9 heteroatoms. The van der Waals surface area contributed by atoms with E-state index in [9.17, 15) is 17.8 Å². The van der Waals surface area contributed by atoms with Gasteiger partial charge in [-0.05, 0) is 47.7 Å². The molecule has 0 radical (unpaired) electrons. The molecule has 0 aromatic heterocycles. The van der Waals surface area contributed by atoms with Crippen molar-refractivity contribution >= 4 is 28.0 Å². The second-order valence-electron chi connectivity index (χ2n) is 8.30. The summed E-state index contributed by atoms with van der Waals surface area (Å²) in [5.41, 5.74) is 3.01. The third kappa shape index (κ3) is 10.7. The Labute approximate surface area is 222 Å². The van der Waals surface area contributed by atoms with E-state index in [2.05, 4.69) is 5.32 Å². The first-order chi connectivity index (χ1) is 17.8. The highest BCUT2D eigenvalue weighted by atomic mass is 32.2. The molecule has 0 aliphatic carbocycles. The summed E-state index contributed by atoms with van der Waals surface area (Å²) in [7, 11) is -2.77. The van der Waals surface area contributed by atoms with Crippen LogP contribution in [-0.2, 0) is 33.6 Å². The zero-order valence-electron chi connectivity index (χ0n) is 20.5. The van der Waals surface area contributed by atoms with Gasteiger partial charge in [0, 0.05) is 11.0 Å². The Morgan fingerprint density at radius 1 is 0.946 bits per heavy atom. The molecule has 2 atom stereocenters. The summed E-state index contributed by atoms with van der Waals surface area (Å²) in [6.45, 7) is 0.0785. The number of rotatable bonds is 13. The van der Waals surface area contributed by atoms with Gasteiger partial charge in [0.25, 0.3) is 10.1 Å². The Kier molecular flexibility index (Phi) is 11.1. The summed E-state index contributed by atoms with van der Waals surface area (Å²) >= 11 is 1.58. The number of thioether (sulfide) groups is 1. The smallest absolute Gasteiger partial charge is 0.407 e. The lowest BCUT2D eigenvalue weighted by molar-refractivity contribution is 0.137. The van der Waals surface area contributed by atoms with Gasteiger partial charge < -0.3 is 14.8 Å². The van der Waals surface area contributed by atoms with Gasteiger partial charge in [-0.1, -0.05) is 72.8 Å². The van der Waals surface area contributed by atoms with Crippen molar-refractivity contribution in [3.05, 3.63) is 113 Å². The standard InChI is InChI=1S/C28H31NO6S2/c1-34-25-15-12-24(13-16-25)21-36-27(17-14-22-8-4-2-5-9-22)26(18-19-37(31,32)33)29-28(30)35-20-23-10-6-3-7-11-23/h2-13,15-16,18-19,26-27H,14,17,20-21H2,1H3,(H,29,30)(H,31,32,33)/t26-,27+/m1/s1. The lowest BCUT2D eigenvalue weighted by Gasteiger charge is -2.25. The fraction of sp³-hybridized carbons (Fsp3) is 0.250. The van der Waals surface area contributed by atoms with Crippen LogP contribution in [0.15, 0.2) is 96.4 Å². The van der Waals surface area contributed by atoms with E-state index in [0.29, 0.717) is 17.6 Å². The van der Waals surface area contributed by atoms with Crippen molar-refractivity contribution in [1.29, 1.82) is 0 Å². The highest BCUT2D eigenvalue weighted by Crippen LogP contribution is 2.27. The summed E-state index contributed by atoms with van der Waals surface area (Å²) in [5, 5.41) is 3.28. The van der Waals surface area contributed by atoms with Gasteiger partial charge in [0.05, 0.1) is 18.6 Å². The third-order valence-corrected chi connectivity index (χ3v) is 7.50. The minimum atomic E-state index is -4.38. The molecule has 0 aliphatic heterocycles. The van der Waals surface area contributed by atoms with E-state index in [1.807, 2.05) is 84.9 Å². The lowest BCUT2D eigenvalue weighted by Crippen LogP contribution is -2.41. The van der Waals surface area contributed by atoms with Crippen LogP contribution in [0.25, 0.3) is 0 Å². The topological polar surface area (TPSA) is 102 Å². The molecule has 3 aromatic rings. The highest BCUT2D eigenvalue weighted by molar-refractivity contribution is 7.99. The second kappa shape index (κ2) is 14.5. The van der Waals surface area contributed by atoms with E-state index in [0.717, 1.165) is 28.9 Å². The number of benzene rings is 3. The maximum atomic E-state index is 12.7. The molecule has 0 fully saturated rings. The molecule has 0 aliphatic rings. The predicted octanol–water partition coefficient (Wildman–Crippen LogP) is 5.63. The number of carbonyl (C=O) groups is 1. The average molecular weight is 542 g/mol. The minimum Gasteiger partial charge on any atom is -0.497 e. The Morgan fingerprint density at radius 2 is 1.57 bits per heavy atom. The molecular formula is C28H31NO6S2. The summed E-state index contributed by atoms with van der Waals surface area (Å²) in [6, 6.07) is 26.2. The van der Waals surface area contributed by atoms with Gasteiger partial charge in [-0.2, -0.15) is 20.2 Å². The second-order valence-corrected chi connectivity index (χ2v) is 10.8. The van der Waals surface area contributed by atoms with Gasteiger partial charge in [-0.3, -0.25) is 4.55 Å². The van der Waals surface area contributed by atoms with Gasteiger partial charge in [0.2, 0.25) is 0 Å². The summed E-state index contributed by atoms with van der Waals surface area (Å²) in [6.07, 6.45) is 1.99. The molecule has 1 amide bonds. The molecule has 0 bridgehead atoms. The summed E-state index contributed by atoms with van der Waals surface area (Å²) in [4.78, 5) is 12.7. The summed E-state index contributed by atoms with van der Waals surface area (Å²) in [5.74, 6) is 1.38. The van der Waals surface area contributed by atoms with Crippen LogP contribution >= 0.6 is 11.8 Å². The summed E-state index contributed by atoms with van der Waals surface area (Å²) < 4.78 is 42.9. The first kappa shape index (κ1) is 28.3. The van der Waals surface area contributed by atoms with E-state index in [4.69, 9.17) is 9.47 Å². The van der Waals surface area contributed by atoms with Gasteiger partial charge in [-0.25, -0.2) is 4.79 Å². The van der Waals surface area contributed by atoms with Crippen LogP contribution in [0.1, 0.15) is 23.1 Å². The molecule has 0 unspecified atom stereocenters. The third-order valence-electron chi connectivity index (χ3n) is 5.54. The predicted molar refractivity (Wildman–Crippen MR) is 147 cm³/mol. The maximum absolute atomic E-state index is 12.7. The normalized spacial score (nSPS) is 13.1. The van der Waals surface area contributed by atoms with Crippen molar-refractivity contribution < 1.29 is 27.2 Å². The van der Waals surface area contributed by atoms with Gasteiger partial charge in [-0.15, -0.1) is 0 Å². The molecule has 0 saturated carbocycles. The quantitative estimate of drug-likeness (QED) is 0.271. The van der Waals surface area contributed by atoms with E-state index in [1.165, 1.54) is 6.08 Å². The molecule has 0 saturated heterocycles. The molecule has 3 aromatic carbocycles. The Bertz CT molecular complexity index is 1230. The Morgan fingerprint density at radius 3 is 2.16 bits per heavy atom. The van der Waals surface area contributed by atoms with E-state index in [1.54, 1.807) is 18.9 Å². The zero-order chi connectivity index (χ0) is 26.5. The van der Waals surface area contributed by atoms with Crippen LogP contribution < -0.4 is 10.1 Å². The van der Waals surface area contributed by atoms with Crippen LogP contribution in [0.5, 0.6) is 5.75 Å². The molecule has 3 rings (SSSR count). The minimum absolute atomic E-state index is 0.0785. The van der Waals surface area contributed by atoms with Crippen LogP contribution in [-0.4, -0.2) is 37.5 Å². The van der Waals surface area contributed by atoms with Crippen molar-refractivity contribution in [2.45, 2.75) is 36.5 Å². The van der Waals surface area contributed by atoms with Gasteiger partial charge in [0.1, 0.15) is 12.4 Å². The molecule has 37 heavy (non-hydrogen) atoms. The number of amides is 1. The molecule has 2 N–H and O–H groups in total. The number of nitrogens with one attached hydrogen (secondary N) is 1. The highest BCUT2D eigenvalue weighted by Gasteiger charge is 2.23. The van der Waals surface area contributed by atoms with Crippen molar-refractivity contribution in [1.82, 2.24) is 5.32 Å². The van der Waals surface area contributed by atoms with Crippen molar-refractivity contribution in [2.75, 3.05) is 7.11 Å². The maximum Gasteiger partial charge on any atom is 0.407 e. The van der Waals surface area contributed by atoms with Crippen molar-refractivity contribution in [2.24, 2.45) is 0 Å². The number of carbonyl (C=O) groups excluding carboxylic acids is 1. The fourth-order valence-corrected chi connectivity index (χ4v) is 5.21. The molecule has 0 heterocycles. The molecule has 0 spiro atoms. The van der Waals surface area contributed by atoms with Crippen molar-refractivity contribution in [3.63, 3.8) is 0 Å². The number of methoxy groups -OCH3 is 1. The Balaban J connectivity index is 1.76. The monoisotopic (exact) mass is 541 g/mol. The van der Waals surface area contributed by atoms with Crippen LogP contribution in [0.2, 0.25) is 0 Å². The van der Waals surface area contributed by atoms with E-state index in [-0.39, 0.29) is 11.9 Å². The zero-order valence-corrected chi connectivity index (χ0v) is 22.2. The Hall–Kier alpha value is -3.27. The van der Waals surface area contributed by atoms with E-state index >= 15 is 0 Å². The van der Waals surface area contributed by atoms with Crippen LogP contribution in [0, 0.1) is 0 Å². The van der Waals surface area contributed by atoms with Crippen molar-refractivity contribution in [3.8, 4) is 5.75 Å². The fourth-order valence-electron chi connectivity index (χ4n) is 3.59. The number of hydrogen-bond acceptors (Lipinski definition) is 6. The number of alkyl carbamates (subject to hydrolysis) is 1. The van der Waals surface area contributed by atoms with Gasteiger partial charge >= 0.3 is 6.09 Å². The largest absolute Gasteiger partial charge is 0.497 e. The number of aryl methyl sites for hydroxylation is 1. The average Bonchev–Trinajstić information content (AvgIpc) is 2.91. The van der Waals surface area contributed by atoms with Crippen LogP contribution in [0.4, 0.5) is 4.79 Å². The molecule has 196 valence electrons. The SMILES string of the molecule is COc1ccc(CS[C@@H](CCc2ccccc2)[C@@H](C=CS(=O)(=O)O)NC(=O)OCc2ccccc2)cc1. The number of ether oxygens (including phenoxy) is 2. The first-order valence-electron chi connectivity index (χ1n) is 11.7. The number of hydrogen-bond donors (Lipinski definition) is 2. The van der Waals surface area contributed by atoms with Gasteiger partial charge in [0.15, 0.2) is 0 Å².